The predicted octanol–water partition coefficient (Wildman–Crippen LogP) is 9.10. The fourth-order valence-electron chi connectivity index (χ4n) is 4.46. The Morgan fingerprint density at radius 1 is 0.904 bits per heavy atom. The van der Waals surface area contributed by atoms with Crippen LogP contribution >= 0.6 is 34.8 Å². The van der Waals surface area contributed by atoms with E-state index in [2.05, 4.69) is 5.10 Å². The second-order valence-corrected chi connectivity index (χ2v) is 13.5. The third-order valence-corrected chi connectivity index (χ3v) is 9.02. The van der Waals surface area contributed by atoms with Gasteiger partial charge in [0.05, 0.1) is 26.2 Å². The molecule has 0 radical (unpaired) electrons. The molecule has 5 rings (SSSR count). The van der Waals surface area contributed by atoms with Crippen molar-refractivity contribution >= 4 is 62.4 Å². The number of rotatable bonds is 9. The van der Waals surface area contributed by atoms with E-state index in [4.69, 9.17) is 48.8 Å². The number of aromatic nitrogens is 2. The van der Waals surface area contributed by atoms with Gasteiger partial charge in [0.15, 0.2) is 0 Å². The summed E-state index contributed by atoms with van der Waals surface area (Å²) in [5, 5.41) is 24.0. The third kappa shape index (κ3) is 9.19. The minimum Gasteiger partial charge on any atom is -0.477 e. The van der Waals surface area contributed by atoms with Gasteiger partial charge in [0.1, 0.15) is 27.5 Å². The first kappa shape index (κ1) is 39.6. The number of ether oxygens (including phenoxy) is 1. The van der Waals surface area contributed by atoms with E-state index < -0.39 is 49.8 Å². The Kier molecular flexibility index (Phi) is 11.9. The number of nitro benzene ring substituents is 1. The van der Waals surface area contributed by atoms with Crippen molar-refractivity contribution in [3.05, 3.63) is 138 Å². The molecule has 0 unspecified atom stereocenters. The van der Waals surface area contributed by atoms with Crippen molar-refractivity contribution < 1.29 is 50.1 Å². The van der Waals surface area contributed by atoms with Gasteiger partial charge < -0.3 is 14.0 Å². The lowest BCUT2D eigenvalue weighted by molar-refractivity contribution is -0.385. The molecule has 4 aromatic carbocycles. The van der Waals surface area contributed by atoms with Crippen LogP contribution in [0.5, 0.6) is 17.4 Å². The summed E-state index contributed by atoms with van der Waals surface area (Å²) in [5.74, 6) is -2.53. The summed E-state index contributed by atoms with van der Waals surface area (Å²) in [7, 11) is -2.67. The Morgan fingerprint density at radius 3 is 2.12 bits per heavy atom. The van der Waals surface area contributed by atoms with Crippen LogP contribution < -0.4 is 8.92 Å². The average Bonchev–Trinajstić information content (AvgIpc) is 3.32. The van der Waals surface area contributed by atoms with Crippen molar-refractivity contribution in [2.24, 2.45) is 7.05 Å². The first-order valence-corrected chi connectivity index (χ1v) is 16.8. The van der Waals surface area contributed by atoms with Crippen LogP contribution in [0.4, 0.5) is 18.9 Å². The van der Waals surface area contributed by atoms with E-state index >= 15 is 0 Å². The quantitative estimate of drug-likeness (QED) is 0.0657. The summed E-state index contributed by atoms with van der Waals surface area (Å²) in [6, 6.07) is 15.9. The Balaban J connectivity index is 0.000000236. The van der Waals surface area contributed by atoms with E-state index in [-0.39, 0.29) is 43.4 Å². The minimum atomic E-state index is -4.58. The predicted molar refractivity (Wildman–Crippen MR) is 183 cm³/mol. The number of hydrogen-bond donors (Lipinski definition) is 1. The highest BCUT2D eigenvalue weighted by Crippen LogP contribution is 2.37. The molecular weight excluding hydrogens is 778 g/mol. The van der Waals surface area contributed by atoms with Crippen LogP contribution in [0.25, 0.3) is 0 Å². The fraction of sp³-hybridized carbons (Fsp3) is 0.121. The number of carboxylic acids is 1. The number of benzene rings is 4. The second-order valence-electron chi connectivity index (χ2n) is 10.7. The lowest BCUT2D eigenvalue weighted by Crippen LogP contribution is -2.15. The van der Waals surface area contributed by atoms with Crippen LogP contribution in [0.15, 0.2) is 83.8 Å². The van der Waals surface area contributed by atoms with Crippen molar-refractivity contribution in [3.8, 4) is 17.4 Å². The summed E-state index contributed by atoms with van der Waals surface area (Å²) in [4.78, 5) is 33.9. The number of nitrogens with zero attached hydrogens (tertiary/aromatic N) is 3. The maximum absolute atomic E-state index is 13.0. The van der Waals surface area contributed by atoms with Crippen molar-refractivity contribution in [3.63, 3.8) is 0 Å². The summed E-state index contributed by atoms with van der Waals surface area (Å²) >= 11 is 17.7. The molecular formula is C33H23Cl3F3N3O9S. The molecule has 19 heteroatoms. The molecule has 1 aromatic heterocycles. The van der Waals surface area contributed by atoms with E-state index in [9.17, 15) is 41.3 Å². The highest BCUT2D eigenvalue weighted by molar-refractivity contribution is 7.87. The van der Waals surface area contributed by atoms with Gasteiger partial charge in [-0.2, -0.15) is 26.7 Å². The largest absolute Gasteiger partial charge is 0.477 e. The number of aromatic carboxylic acids is 1. The molecule has 12 nitrogen and oxygen atoms in total. The van der Waals surface area contributed by atoms with Gasteiger partial charge in [-0.15, -0.1) is 0 Å². The van der Waals surface area contributed by atoms with Gasteiger partial charge in [-0.1, -0.05) is 52.5 Å². The Bertz CT molecular complexity index is 2320. The van der Waals surface area contributed by atoms with Gasteiger partial charge in [-0.25, -0.2) is 9.48 Å². The smallest absolute Gasteiger partial charge is 0.416 e. The molecule has 0 bridgehead atoms. The maximum atomic E-state index is 13.0. The Labute approximate surface area is 308 Å². The van der Waals surface area contributed by atoms with Crippen molar-refractivity contribution in [2.45, 2.75) is 24.9 Å². The molecule has 0 atom stereocenters. The monoisotopic (exact) mass is 799 g/mol. The highest BCUT2D eigenvalue weighted by atomic mass is 35.5. The molecule has 0 aliphatic heterocycles. The van der Waals surface area contributed by atoms with E-state index in [1.165, 1.54) is 42.1 Å². The third-order valence-electron chi connectivity index (χ3n) is 6.95. The molecule has 0 saturated heterocycles. The Morgan fingerprint density at radius 2 is 1.56 bits per heavy atom. The topological polar surface area (TPSA) is 168 Å². The standard InChI is InChI=1S/C19H16Cl2N2O4S.C14H7ClF3NO5/c1-11-4-7-14(8-5-11)28(25,26)27-19-17(12(2)22-23(19)3)18(24)15-9-6-13(20)10-16(15)21;15-10-5-7(14(16,17)18)1-4-12(10)24-8-2-3-11(19(22)23)9(6-8)13(20)21/h4-10H,1-3H3;1-6H,(H,20,21). The molecule has 1 N–H and O–H groups in total. The molecule has 0 saturated carbocycles. The number of alkyl halides is 3. The lowest BCUT2D eigenvalue weighted by atomic mass is 10.0. The normalized spacial score (nSPS) is 11.3. The molecule has 0 amide bonds. The molecule has 0 spiro atoms. The van der Waals surface area contributed by atoms with Gasteiger partial charge in [0.2, 0.25) is 11.7 Å². The van der Waals surface area contributed by atoms with Crippen LogP contribution in [0.1, 0.15) is 43.1 Å². The Hall–Kier alpha value is -5.16. The van der Waals surface area contributed by atoms with E-state index in [1.807, 2.05) is 6.92 Å². The van der Waals surface area contributed by atoms with Gasteiger partial charge in [0.25, 0.3) is 5.69 Å². The van der Waals surface area contributed by atoms with Crippen LogP contribution in [-0.4, -0.2) is 40.0 Å². The number of aryl methyl sites for hydroxylation is 3. The van der Waals surface area contributed by atoms with Crippen LogP contribution in [0.3, 0.4) is 0 Å². The zero-order valence-corrected chi connectivity index (χ0v) is 29.8. The van der Waals surface area contributed by atoms with Crippen molar-refractivity contribution in [1.82, 2.24) is 9.78 Å². The first-order chi connectivity index (χ1) is 24.2. The van der Waals surface area contributed by atoms with E-state index in [0.29, 0.717) is 16.8 Å². The molecule has 0 fully saturated rings. The number of halogens is 6. The molecule has 0 aliphatic carbocycles. The maximum Gasteiger partial charge on any atom is 0.416 e. The van der Waals surface area contributed by atoms with Crippen molar-refractivity contribution in [2.75, 3.05) is 0 Å². The molecule has 0 aliphatic rings. The summed E-state index contributed by atoms with van der Waals surface area (Å²) in [5.41, 5.74) is -0.845. The number of carbonyl (C=O) groups is 2. The summed E-state index contributed by atoms with van der Waals surface area (Å²) in [6.45, 7) is 3.43. The highest BCUT2D eigenvalue weighted by Gasteiger charge is 2.32. The number of carbonyl (C=O) groups excluding carboxylic acids is 1. The zero-order chi connectivity index (χ0) is 38.7. The van der Waals surface area contributed by atoms with Gasteiger partial charge in [-0.05, 0) is 68.4 Å². The van der Waals surface area contributed by atoms with E-state index in [1.54, 1.807) is 19.1 Å². The summed E-state index contributed by atoms with van der Waals surface area (Å²) in [6.07, 6.45) is -4.58. The summed E-state index contributed by atoms with van der Waals surface area (Å²) < 4.78 is 74.8. The number of hydrogen-bond acceptors (Lipinski definition) is 9. The SMILES string of the molecule is Cc1ccc(S(=O)(=O)Oc2c(C(=O)c3ccc(Cl)cc3Cl)c(C)nn2C)cc1.O=C(O)c1cc(Oc2ccc(C(F)(F)F)cc2Cl)ccc1[N+](=O)[O-]. The molecule has 272 valence electrons. The van der Waals surface area contributed by atoms with Gasteiger partial charge in [0, 0.05) is 29.8 Å². The second kappa shape index (κ2) is 15.6. The molecule has 1 heterocycles. The fourth-order valence-corrected chi connectivity index (χ4v) is 6.13. The van der Waals surface area contributed by atoms with Crippen LogP contribution in [0, 0.1) is 24.0 Å². The first-order valence-electron chi connectivity index (χ1n) is 14.3. The molecule has 5 aromatic rings. The minimum absolute atomic E-state index is 0.0161. The van der Waals surface area contributed by atoms with E-state index in [0.717, 1.165) is 35.9 Å². The van der Waals surface area contributed by atoms with Crippen LogP contribution in [-0.2, 0) is 23.3 Å². The van der Waals surface area contributed by atoms with Gasteiger partial charge in [-0.3, -0.25) is 14.9 Å². The lowest BCUT2D eigenvalue weighted by Gasteiger charge is -2.11. The average molecular weight is 801 g/mol. The number of ketones is 1. The van der Waals surface area contributed by atoms with Crippen molar-refractivity contribution in [1.29, 1.82) is 0 Å². The van der Waals surface area contributed by atoms with Gasteiger partial charge >= 0.3 is 22.3 Å². The molecule has 52 heavy (non-hydrogen) atoms. The number of nitro groups is 1. The van der Waals surface area contributed by atoms with Crippen LogP contribution in [0.2, 0.25) is 15.1 Å². The zero-order valence-electron chi connectivity index (χ0n) is 26.7. The number of carboxylic acid groups (broad SMARTS) is 1.